The second-order valence-electron chi connectivity index (χ2n) is 1.76. The van der Waals surface area contributed by atoms with Crippen LogP contribution < -0.4 is 0 Å². The van der Waals surface area contributed by atoms with Gasteiger partial charge in [-0.1, -0.05) is 41.7 Å². The summed E-state index contributed by atoms with van der Waals surface area (Å²) < 4.78 is 0. The second kappa shape index (κ2) is 11.2. The molecule has 0 aliphatic carbocycles. The summed E-state index contributed by atoms with van der Waals surface area (Å²) in [6, 6.07) is 0. The Morgan fingerprint density at radius 2 is 1.70 bits per heavy atom. The first-order valence-corrected chi connectivity index (χ1v) is 3.34. The molecule has 1 heteroatoms. The summed E-state index contributed by atoms with van der Waals surface area (Å²) in [5.74, 6) is 0.220. The molecule has 0 bridgehead atoms. The Balaban J connectivity index is -0.000000149. The van der Waals surface area contributed by atoms with Crippen LogP contribution in [0.5, 0.6) is 0 Å². The third kappa shape index (κ3) is 10.4. The lowest BCUT2D eigenvalue weighted by Crippen LogP contribution is -2.00. The molecule has 0 radical (unpaired) electrons. The van der Waals surface area contributed by atoms with Crippen LogP contribution in [-0.4, -0.2) is 5.78 Å². The van der Waals surface area contributed by atoms with Gasteiger partial charge in [0.25, 0.3) is 0 Å². The number of hydrogen-bond acceptors (Lipinski definition) is 1. The molecular formula is C9H20O. The van der Waals surface area contributed by atoms with Crippen molar-refractivity contribution >= 4 is 5.78 Å². The monoisotopic (exact) mass is 144 g/mol. The number of carbonyl (C=O) groups excluding carboxylic acids is 1. The first-order chi connectivity index (χ1) is 4.18. The van der Waals surface area contributed by atoms with Gasteiger partial charge in [0, 0.05) is 5.92 Å². The van der Waals surface area contributed by atoms with E-state index in [0.717, 1.165) is 0 Å². The molecule has 0 atom stereocenters. The first-order valence-electron chi connectivity index (χ1n) is 3.34. The van der Waals surface area contributed by atoms with E-state index in [1.54, 1.807) is 0 Å². The fraction of sp³-hybridized carbons (Fsp3) is 0.667. The largest absolute Gasteiger partial charge is 0.295 e. The van der Waals surface area contributed by atoms with Crippen molar-refractivity contribution in [2.45, 2.75) is 35.1 Å². The molecular weight excluding hydrogens is 124 g/mol. The molecule has 0 unspecified atom stereocenters. The molecule has 62 valence electrons. The average Bonchev–Trinajstić information content (AvgIpc) is 1.91. The summed E-state index contributed by atoms with van der Waals surface area (Å²) in [4.78, 5) is 10.4. The minimum Gasteiger partial charge on any atom is -0.295 e. The van der Waals surface area contributed by atoms with E-state index in [1.807, 2.05) is 27.7 Å². The average molecular weight is 144 g/mol. The highest BCUT2D eigenvalue weighted by Gasteiger charge is 1.98. The van der Waals surface area contributed by atoms with Crippen molar-refractivity contribution in [1.29, 1.82) is 0 Å². The van der Waals surface area contributed by atoms with Crippen molar-refractivity contribution in [3.63, 3.8) is 0 Å². The van der Waals surface area contributed by atoms with Crippen LogP contribution in [0.25, 0.3) is 0 Å². The van der Waals surface area contributed by atoms with E-state index in [0.29, 0.717) is 0 Å². The van der Waals surface area contributed by atoms with E-state index in [9.17, 15) is 4.79 Å². The Morgan fingerprint density at radius 1 is 1.40 bits per heavy atom. The molecule has 0 aliphatic heterocycles. The minimum atomic E-state index is 0. The lowest BCUT2D eigenvalue weighted by atomic mass is 10.1. The fourth-order valence-corrected chi connectivity index (χ4v) is 0.236. The highest BCUT2D eigenvalue weighted by atomic mass is 16.1. The highest BCUT2D eigenvalue weighted by molar-refractivity contribution is 5.90. The summed E-state index contributed by atoms with van der Waals surface area (Å²) in [5.41, 5.74) is 0. The fourth-order valence-electron chi connectivity index (χ4n) is 0.236. The molecule has 0 aromatic carbocycles. The zero-order chi connectivity index (χ0) is 7.86. The molecule has 0 aromatic heterocycles. The second-order valence-corrected chi connectivity index (χ2v) is 1.76. The molecule has 0 fully saturated rings. The topological polar surface area (TPSA) is 17.1 Å². The molecule has 0 amide bonds. The maximum Gasteiger partial charge on any atom is 0.157 e. The van der Waals surface area contributed by atoms with Crippen LogP contribution in [0.3, 0.4) is 0 Å². The van der Waals surface area contributed by atoms with Crippen LogP contribution in [0.2, 0.25) is 0 Å². The molecule has 10 heavy (non-hydrogen) atoms. The number of allylic oxidation sites excluding steroid dienone is 1. The summed E-state index contributed by atoms with van der Waals surface area (Å²) in [5, 5.41) is 0. The lowest BCUT2D eigenvalue weighted by molar-refractivity contribution is -0.117. The van der Waals surface area contributed by atoms with Crippen molar-refractivity contribution in [2.24, 2.45) is 5.92 Å². The summed E-state index contributed by atoms with van der Waals surface area (Å²) in [7, 11) is 0. The van der Waals surface area contributed by atoms with E-state index in [2.05, 4.69) is 6.58 Å². The summed E-state index contributed by atoms with van der Waals surface area (Å²) >= 11 is 0. The van der Waals surface area contributed by atoms with Crippen LogP contribution in [0, 0.1) is 5.92 Å². The third-order valence-corrected chi connectivity index (χ3v) is 0.770. The van der Waals surface area contributed by atoms with Gasteiger partial charge in [0.2, 0.25) is 0 Å². The van der Waals surface area contributed by atoms with Gasteiger partial charge < -0.3 is 0 Å². The van der Waals surface area contributed by atoms with Crippen LogP contribution >= 0.6 is 0 Å². The van der Waals surface area contributed by atoms with Crippen molar-refractivity contribution in [2.75, 3.05) is 0 Å². The van der Waals surface area contributed by atoms with Crippen LogP contribution in [0.15, 0.2) is 12.7 Å². The Kier molecular flexibility index (Phi) is 18.2. The zero-order valence-electron chi connectivity index (χ0n) is 6.77. The number of carbonyl (C=O) groups is 1. The summed E-state index contributed by atoms with van der Waals surface area (Å²) in [6.07, 6.45) is 1.35. The Hall–Kier alpha value is -0.590. The predicted molar refractivity (Wildman–Crippen MR) is 48.1 cm³/mol. The van der Waals surface area contributed by atoms with Gasteiger partial charge in [0.05, 0.1) is 0 Å². The van der Waals surface area contributed by atoms with Gasteiger partial charge in [-0.25, -0.2) is 0 Å². The molecule has 0 heterocycles. The van der Waals surface area contributed by atoms with Gasteiger partial charge in [-0.2, -0.15) is 0 Å². The van der Waals surface area contributed by atoms with Gasteiger partial charge >= 0.3 is 0 Å². The van der Waals surface area contributed by atoms with Crippen molar-refractivity contribution < 1.29 is 4.79 Å². The quantitative estimate of drug-likeness (QED) is 0.544. The van der Waals surface area contributed by atoms with E-state index >= 15 is 0 Å². The molecule has 0 spiro atoms. The van der Waals surface area contributed by atoms with Gasteiger partial charge in [-0.3, -0.25) is 4.79 Å². The Bertz CT molecular complexity index is 82.7. The van der Waals surface area contributed by atoms with Crippen molar-refractivity contribution in [3.8, 4) is 0 Å². The Labute approximate surface area is 65.1 Å². The van der Waals surface area contributed by atoms with Crippen molar-refractivity contribution in [3.05, 3.63) is 12.7 Å². The van der Waals surface area contributed by atoms with E-state index in [-0.39, 0.29) is 19.1 Å². The van der Waals surface area contributed by atoms with Crippen molar-refractivity contribution in [1.82, 2.24) is 0 Å². The SMILES string of the molecule is C.C=CC(=O)C(C)C.CC. The number of rotatable bonds is 2. The van der Waals surface area contributed by atoms with E-state index in [4.69, 9.17) is 0 Å². The molecule has 0 aliphatic rings. The van der Waals surface area contributed by atoms with Crippen LogP contribution in [0.4, 0.5) is 0 Å². The third-order valence-electron chi connectivity index (χ3n) is 0.770. The summed E-state index contributed by atoms with van der Waals surface area (Å²) in [6.45, 7) is 11.0. The molecule has 0 N–H and O–H groups in total. The molecule has 0 saturated carbocycles. The maximum absolute atomic E-state index is 10.4. The van der Waals surface area contributed by atoms with E-state index < -0.39 is 0 Å². The van der Waals surface area contributed by atoms with Gasteiger partial charge in [0.1, 0.15) is 0 Å². The molecule has 0 rings (SSSR count). The normalized spacial score (nSPS) is 6.90. The van der Waals surface area contributed by atoms with E-state index in [1.165, 1.54) is 6.08 Å². The maximum atomic E-state index is 10.4. The highest BCUT2D eigenvalue weighted by Crippen LogP contribution is 1.92. The van der Waals surface area contributed by atoms with Crippen LogP contribution in [0.1, 0.15) is 35.1 Å². The zero-order valence-corrected chi connectivity index (χ0v) is 6.77. The lowest BCUT2D eigenvalue weighted by Gasteiger charge is -1.92. The molecule has 1 nitrogen and oxygen atoms in total. The van der Waals surface area contributed by atoms with Gasteiger partial charge in [-0.15, -0.1) is 0 Å². The number of hydrogen-bond donors (Lipinski definition) is 0. The first kappa shape index (κ1) is 16.2. The van der Waals surface area contributed by atoms with Gasteiger partial charge in [-0.05, 0) is 6.08 Å². The minimum absolute atomic E-state index is 0. The standard InChI is InChI=1S/C6H10O.C2H6.CH4/c1-4-6(7)5(2)3;1-2;/h4-5H,1H2,2-3H3;1-2H3;1H4. The Morgan fingerprint density at radius 3 is 1.70 bits per heavy atom. The predicted octanol–water partition coefficient (Wildman–Crippen LogP) is 3.06. The van der Waals surface area contributed by atoms with Gasteiger partial charge in [0.15, 0.2) is 5.78 Å². The number of ketones is 1. The van der Waals surface area contributed by atoms with Crippen LogP contribution in [-0.2, 0) is 4.79 Å². The molecule has 0 saturated heterocycles. The smallest absolute Gasteiger partial charge is 0.157 e. The molecule has 0 aromatic rings.